The molecule has 26 heavy (non-hydrogen) atoms. The van der Waals surface area contributed by atoms with Crippen molar-refractivity contribution in [1.29, 1.82) is 0 Å². The molecule has 2 aromatic rings. The molecule has 0 spiro atoms. The first-order valence-electron chi connectivity index (χ1n) is 8.95. The second kappa shape index (κ2) is 8.58. The molecule has 0 radical (unpaired) electrons. The normalized spacial score (nSPS) is 19.1. The third kappa shape index (κ3) is 4.89. The second-order valence-electron chi connectivity index (χ2n) is 6.69. The number of nitrogens with two attached hydrogens (primary N) is 1. The SMILES string of the molecule is N[C@@H]1CCC[C@H]1CC(=O)Nc1cccc(C(=O)NCc2ccccn2)c1. The number of hydrogen-bond donors (Lipinski definition) is 3. The standard InChI is InChI=1S/C20H24N4O2/c21-18-9-4-5-14(18)12-19(25)24-16-8-3-6-15(11-16)20(26)23-13-17-7-1-2-10-22-17/h1-3,6-8,10-11,14,18H,4-5,9,12-13,21H2,(H,23,26)(H,24,25)/t14-,18+/m0/s1. The Balaban J connectivity index is 1.55. The van der Waals surface area contributed by atoms with Gasteiger partial charge in [0.25, 0.3) is 5.91 Å². The summed E-state index contributed by atoms with van der Waals surface area (Å²) in [5.74, 6) is -0.0113. The Labute approximate surface area is 153 Å². The van der Waals surface area contributed by atoms with Gasteiger partial charge in [0.1, 0.15) is 0 Å². The van der Waals surface area contributed by atoms with Crippen LogP contribution >= 0.6 is 0 Å². The summed E-state index contributed by atoms with van der Waals surface area (Å²) in [4.78, 5) is 28.7. The largest absolute Gasteiger partial charge is 0.346 e. The quantitative estimate of drug-likeness (QED) is 0.744. The van der Waals surface area contributed by atoms with E-state index in [-0.39, 0.29) is 23.8 Å². The van der Waals surface area contributed by atoms with Crippen molar-refractivity contribution in [3.63, 3.8) is 0 Å². The zero-order chi connectivity index (χ0) is 18.4. The van der Waals surface area contributed by atoms with Gasteiger partial charge in [0.2, 0.25) is 5.91 Å². The highest BCUT2D eigenvalue weighted by atomic mass is 16.2. The van der Waals surface area contributed by atoms with Gasteiger partial charge in [-0.2, -0.15) is 0 Å². The molecule has 2 atom stereocenters. The molecule has 1 aliphatic rings. The predicted molar refractivity (Wildman–Crippen MR) is 100 cm³/mol. The average molecular weight is 352 g/mol. The fourth-order valence-corrected chi connectivity index (χ4v) is 3.28. The highest BCUT2D eigenvalue weighted by Crippen LogP contribution is 2.27. The maximum absolute atomic E-state index is 12.3. The Morgan fingerprint density at radius 1 is 1.15 bits per heavy atom. The highest BCUT2D eigenvalue weighted by molar-refractivity contribution is 5.97. The number of carbonyl (C=O) groups is 2. The summed E-state index contributed by atoms with van der Waals surface area (Å²) in [7, 11) is 0. The van der Waals surface area contributed by atoms with E-state index in [0.717, 1.165) is 25.0 Å². The first-order valence-corrected chi connectivity index (χ1v) is 8.95. The van der Waals surface area contributed by atoms with Gasteiger partial charge >= 0.3 is 0 Å². The molecule has 3 rings (SSSR count). The van der Waals surface area contributed by atoms with Crippen molar-refractivity contribution in [3.05, 3.63) is 59.9 Å². The molecule has 0 unspecified atom stereocenters. The van der Waals surface area contributed by atoms with E-state index in [4.69, 9.17) is 5.73 Å². The zero-order valence-electron chi connectivity index (χ0n) is 14.7. The van der Waals surface area contributed by atoms with Gasteiger partial charge in [-0.15, -0.1) is 0 Å². The lowest BCUT2D eigenvalue weighted by atomic mass is 10.00. The molecular formula is C20H24N4O2. The Hall–Kier alpha value is -2.73. The molecule has 1 heterocycles. The number of anilines is 1. The van der Waals surface area contributed by atoms with E-state index in [0.29, 0.717) is 24.2 Å². The van der Waals surface area contributed by atoms with Crippen LogP contribution in [0.2, 0.25) is 0 Å². The number of hydrogen-bond acceptors (Lipinski definition) is 4. The lowest BCUT2D eigenvalue weighted by molar-refractivity contribution is -0.117. The molecule has 1 saturated carbocycles. The van der Waals surface area contributed by atoms with Gasteiger partial charge in [0, 0.05) is 29.9 Å². The van der Waals surface area contributed by atoms with E-state index in [1.54, 1.807) is 30.5 Å². The van der Waals surface area contributed by atoms with Crippen LogP contribution in [0.3, 0.4) is 0 Å². The maximum Gasteiger partial charge on any atom is 0.251 e. The summed E-state index contributed by atoms with van der Waals surface area (Å²) in [6, 6.07) is 12.6. The van der Waals surface area contributed by atoms with Crippen LogP contribution in [0.25, 0.3) is 0 Å². The Bertz CT molecular complexity index is 763. The van der Waals surface area contributed by atoms with Crippen LogP contribution in [-0.4, -0.2) is 22.8 Å². The van der Waals surface area contributed by atoms with E-state index in [9.17, 15) is 9.59 Å². The lowest BCUT2D eigenvalue weighted by Crippen LogP contribution is -2.28. The fraction of sp³-hybridized carbons (Fsp3) is 0.350. The van der Waals surface area contributed by atoms with Crippen LogP contribution in [-0.2, 0) is 11.3 Å². The lowest BCUT2D eigenvalue weighted by Gasteiger charge is -2.15. The van der Waals surface area contributed by atoms with E-state index in [1.807, 2.05) is 18.2 Å². The molecule has 6 heteroatoms. The van der Waals surface area contributed by atoms with Crippen LogP contribution in [0, 0.1) is 5.92 Å². The molecule has 1 aromatic carbocycles. The summed E-state index contributed by atoms with van der Waals surface area (Å²) >= 11 is 0. The third-order valence-corrected chi connectivity index (χ3v) is 4.73. The predicted octanol–water partition coefficient (Wildman–Crippen LogP) is 2.47. The van der Waals surface area contributed by atoms with E-state index in [2.05, 4.69) is 15.6 Å². The summed E-state index contributed by atoms with van der Waals surface area (Å²) < 4.78 is 0. The number of nitrogens with zero attached hydrogens (tertiary/aromatic N) is 1. The zero-order valence-corrected chi connectivity index (χ0v) is 14.7. The van der Waals surface area contributed by atoms with Gasteiger partial charge in [0.05, 0.1) is 12.2 Å². The Morgan fingerprint density at radius 3 is 2.77 bits per heavy atom. The Kier molecular flexibility index (Phi) is 5.96. The van der Waals surface area contributed by atoms with Crippen LogP contribution < -0.4 is 16.4 Å². The second-order valence-corrected chi connectivity index (χ2v) is 6.69. The number of carbonyl (C=O) groups excluding carboxylic acids is 2. The van der Waals surface area contributed by atoms with E-state index >= 15 is 0 Å². The molecule has 2 amide bonds. The molecule has 4 N–H and O–H groups in total. The third-order valence-electron chi connectivity index (χ3n) is 4.73. The topological polar surface area (TPSA) is 97.1 Å². The summed E-state index contributed by atoms with van der Waals surface area (Å²) in [6.07, 6.45) is 5.20. The Morgan fingerprint density at radius 2 is 2.04 bits per heavy atom. The van der Waals surface area contributed by atoms with Gasteiger partial charge < -0.3 is 16.4 Å². The van der Waals surface area contributed by atoms with Crippen LogP contribution in [0.1, 0.15) is 41.7 Å². The maximum atomic E-state index is 12.3. The van der Waals surface area contributed by atoms with Crippen molar-refractivity contribution in [2.45, 2.75) is 38.3 Å². The monoisotopic (exact) mass is 352 g/mol. The number of pyridine rings is 1. The summed E-state index contributed by atoms with van der Waals surface area (Å²) in [6.45, 7) is 0.357. The number of nitrogens with one attached hydrogen (secondary N) is 2. The van der Waals surface area contributed by atoms with Crippen molar-refractivity contribution in [1.82, 2.24) is 10.3 Å². The van der Waals surface area contributed by atoms with Crippen LogP contribution in [0.5, 0.6) is 0 Å². The minimum atomic E-state index is -0.204. The van der Waals surface area contributed by atoms with Crippen LogP contribution in [0.4, 0.5) is 5.69 Å². The molecule has 0 bridgehead atoms. The first-order chi connectivity index (χ1) is 12.6. The number of aromatic nitrogens is 1. The molecule has 6 nitrogen and oxygen atoms in total. The van der Waals surface area contributed by atoms with Gasteiger partial charge in [-0.05, 0) is 49.1 Å². The molecule has 1 fully saturated rings. The smallest absolute Gasteiger partial charge is 0.251 e. The van der Waals surface area contributed by atoms with Crippen molar-refractivity contribution < 1.29 is 9.59 Å². The van der Waals surface area contributed by atoms with E-state index < -0.39 is 0 Å². The van der Waals surface area contributed by atoms with Crippen LogP contribution in [0.15, 0.2) is 48.7 Å². The van der Waals surface area contributed by atoms with Gasteiger partial charge in [0.15, 0.2) is 0 Å². The number of amides is 2. The summed E-state index contributed by atoms with van der Waals surface area (Å²) in [5.41, 5.74) is 7.93. The van der Waals surface area contributed by atoms with Crippen molar-refractivity contribution in [3.8, 4) is 0 Å². The van der Waals surface area contributed by atoms with E-state index in [1.165, 1.54) is 0 Å². The van der Waals surface area contributed by atoms with Gasteiger partial charge in [-0.3, -0.25) is 14.6 Å². The van der Waals surface area contributed by atoms with Crippen molar-refractivity contribution in [2.75, 3.05) is 5.32 Å². The molecule has 1 aromatic heterocycles. The highest BCUT2D eigenvalue weighted by Gasteiger charge is 2.26. The fourth-order valence-electron chi connectivity index (χ4n) is 3.28. The molecule has 136 valence electrons. The molecular weight excluding hydrogens is 328 g/mol. The van der Waals surface area contributed by atoms with Crippen molar-refractivity contribution >= 4 is 17.5 Å². The van der Waals surface area contributed by atoms with Crippen molar-refractivity contribution in [2.24, 2.45) is 11.7 Å². The van der Waals surface area contributed by atoms with Gasteiger partial charge in [-0.1, -0.05) is 18.6 Å². The molecule has 1 aliphatic carbocycles. The van der Waals surface area contributed by atoms with Gasteiger partial charge in [-0.25, -0.2) is 0 Å². The summed E-state index contributed by atoms with van der Waals surface area (Å²) in [5, 5.41) is 5.70. The molecule has 0 saturated heterocycles. The first kappa shape index (κ1) is 18.1. The number of benzene rings is 1. The average Bonchev–Trinajstić information content (AvgIpc) is 3.05. The minimum absolute atomic E-state index is 0.0570. The number of rotatable bonds is 6. The minimum Gasteiger partial charge on any atom is -0.346 e. The molecule has 0 aliphatic heterocycles.